The lowest BCUT2D eigenvalue weighted by Crippen LogP contribution is -2.31. The molecule has 1 heterocycles. The minimum Gasteiger partial charge on any atom is -0.323 e. The van der Waals surface area contributed by atoms with E-state index in [1.165, 1.54) is 6.20 Å². The van der Waals surface area contributed by atoms with Gasteiger partial charge in [0.2, 0.25) is 5.91 Å². The first kappa shape index (κ1) is 16.9. The number of aromatic nitrogens is 3. The Morgan fingerprint density at radius 1 is 1.16 bits per heavy atom. The molecule has 3 rings (SSSR count). The molecule has 1 amide bonds. The van der Waals surface area contributed by atoms with Gasteiger partial charge in [0.25, 0.3) is 0 Å². The molecule has 6 nitrogen and oxygen atoms in total. The molecular formula is C18H15ClN4O2. The van der Waals surface area contributed by atoms with Crippen LogP contribution in [0.1, 0.15) is 5.56 Å². The van der Waals surface area contributed by atoms with Crippen molar-refractivity contribution >= 4 is 23.2 Å². The van der Waals surface area contributed by atoms with Crippen LogP contribution in [-0.4, -0.2) is 20.7 Å². The Hall–Kier alpha value is -2.99. The molecule has 0 unspecified atom stereocenters. The van der Waals surface area contributed by atoms with E-state index >= 15 is 0 Å². The summed E-state index contributed by atoms with van der Waals surface area (Å²) in [5.74, 6) is -0.403. The molecule has 0 saturated carbocycles. The number of para-hydroxylation sites is 1. The van der Waals surface area contributed by atoms with E-state index in [-0.39, 0.29) is 6.54 Å². The third-order valence-electron chi connectivity index (χ3n) is 3.61. The molecular weight excluding hydrogens is 340 g/mol. The van der Waals surface area contributed by atoms with Crippen molar-refractivity contribution in [1.29, 1.82) is 0 Å². The molecule has 0 spiro atoms. The topological polar surface area (TPSA) is 76.9 Å². The first-order valence-corrected chi connectivity index (χ1v) is 7.97. The zero-order valence-corrected chi connectivity index (χ0v) is 14.2. The third kappa shape index (κ3) is 3.92. The number of nitrogens with one attached hydrogen (secondary N) is 1. The maximum atomic E-state index is 12.2. The summed E-state index contributed by atoms with van der Waals surface area (Å²) in [5.41, 5.74) is 2.02. The minimum atomic E-state index is -0.590. The number of benzene rings is 2. The molecule has 0 radical (unpaired) electrons. The lowest BCUT2D eigenvalue weighted by molar-refractivity contribution is -0.117. The summed E-state index contributed by atoms with van der Waals surface area (Å²) in [7, 11) is 0. The number of hydrogen-bond donors (Lipinski definition) is 1. The van der Waals surface area contributed by atoms with Crippen LogP contribution in [0.3, 0.4) is 0 Å². The van der Waals surface area contributed by atoms with Crippen LogP contribution in [-0.2, 0) is 11.3 Å². The minimum absolute atomic E-state index is 0.244. The molecule has 0 aliphatic heterocycles. The first-order chi connectivity index (χ1) is 12.0. The molecule has 0 saturated heterocycles. The number of carbonyl (C=O) groups excluding carboxylic acids is 1. The van der Waals surface area contributed by atoms with E-state index in [0.29, 0.717) is 16.4 Å². The van der Waals surface area contributed by atoms with Gasteiger partial charge in [-0.2, -0.15) is 10.1 Å². The first-order valence-electron chi connectivity index (χ1n) is 7.59. The summed E-state index contributed by atoms with van der Waals surface area (Å²) in [5, 5.41) is 7.17. The lowest BCUT2D eigenvalue weighted by Gasteiger charge is -2.10. The van der Waals surface area contributed by atoms with Gasteiger partial charge >= 0.3 is 5.69 Å². The molecule has 0 bridgehead atoms. The number of nitrogens with zero attached hydrogens (tertiary/aromatic N) is 3. The van der Waals surface area contributed by atoms with Crippen molar-refractivity contribution in [2.24, 2.45) is 0 Å². The van der Waals surface area contributed by atoms with E-state index in [1.54, 1.807) is 12.1 Å². The molecule has 126 valence electrons. The smallest absolute Gasteiger partial charge is 0.323 e. The SMILES string of the molecule is Cc1cccc(Cl)c1NC(=O)Cn1ncc(-c2ccccc2)nc1=O. The Morgan fingerprint density at radius 3 is 2.60 bits per heavy atom. The van der Waals surface area contributed by atoms with Crippen LogP contribution in [0.4, 0.5) is 5.69 Å². The zero-order valence-electron chi connectivity index (χ0n) is 13.4. The van der Waals surface area contributed by atoms with Gasteiger partial charge in [-0.1, -0.05) is 54.1 Å². The summed E-state index contributed by atoms with van der Waals surface area (Å²) in [6.07, 6.45) is 1.46. The number of rotatable bonds is 4. The van der Waals surface area contributed by atoms with E-state index in [9.17, 15) is 9.59 Å². The molecule has 25 heavy (non-hydrogen) atoms. The van der Waals surface area contributed by atoms with Gasteiger partial charge in [-0.3, -0.25) is 4.79 Å². The monoisotopic (exact) mass is 354 g/mol. The highest BCUT2D eigenvalue weighted by Crippen LogP contribution is 2.25. The Bertz CT molecular complexity index is 950. The molecule has 0 aliphatic rings. The molecule has 7 heteroatoms. The van der Waals surface area contributed by atoms with Gasteiger partial charge in [0.15, 0.2) is 0 Å². The van der Waals surface area contributed by atoms with Crippen LogP contribution < -0.4 is 11.0 Å². The third-order valence-corrected chi connectivity index (χ3v) is 3.92. The Kier molecular flexibility index (Phi) is 4.90. The standard InChI is InChI=1S/C18H15ClN4O2/c1-12-6-5-9-14(19)17(12)22-16(24)11-23-18(25)21-15(10-20-23)13-7-3-2-4-8-13/h2-10H,11H2,1H3,(H,22,24). The maximum absolute atomic E-state index is 12.2. The second kappa shape index (κ2) is 7.27. The van der Waals surface area contributed by atoms with Crippen LogP contribution in [0.15, 0.2) is 59.5 Å². The van der Waals surface area contributed by atoms with Crippen molar-refractivity contribution in [3.8, 4) is 11.3 Å². The van der Waals surface area contributed by atoms with Crippen molar-refractivity contribution in [2.75, 3.05) is 5.32 Å². The van der Waals surface area contributed by atoms with Crippen LogP contribution in [0.25, 0.3) is 11.3 Å². The largest absolute Gasteiger partial charge is 0.365 e. The van der Waals surface area contributed by atoms with Crippen LogP contribution in [0.5, 0.6) is 0 Å². The molecule has 1 aromatic heterocycles. The van der Waals surface area contributed by atoms with Crippen LogP contribution >= 0.6 is 11.6 Å². The summed E-state index contributed by atoms with van der Waals surface area (Å²) >= 11 is 6.09. The van der Waals surface area contributed by atoms with Crippen molar-refractivity contribution in [3.05, 3.63) is 75.8 Å². The van der Waals surface area contributed by atoms with Gasteiger partial charge < -0.3 is 5.32 Å². The Balaban J connectivity index is 1.77. The summed E-state index contributed by atoms with van der Waals surface area (Å²) in [6.45, 7) is 1.59. The van der Waals surface area contributed by atoms with Gasteiger partial charge in [0.1, 0.15) is 6.54 Å². The highest BCUT2D eigenvalue weighted by molar-refractivity contribution is 6.33. The predicted octanol–water partition coefficient (Wildman–Crippen LogP) is 2.91. The quantitative estimate of drug-likeness (QED) is 0.781. The van der Waals surface area contributed by atoms with E-state index in [2.05, 4.69) is 15.4 Å². The van der Waals surface area contributed by atoms with Gasteiger partial charge in [-0.05, 0) is 18.6 Å². The number of aryl methyl sites for hydroxylation is 1. The average Bonchev–Trinajstić information content (AvgIpc) is 2.61. The Morgan fingerprint density at radius 2 is 1.92 bits per heavy atom. The summed E-state index contributed by atoms with van der Waals surface area (Å²) < 4.78 is 1.01. The summed E-state index contributed by atoms with van der Waals surface area (Å²) in [6, 6.07) is 14.6. The predicted molar refractivity (Wildman–Crippen MR) is 96.5 cm³/mol. The van der Waals surface area contributed by atoms with Gasteiger partial charge in [0, 0.05) is 5.56 Å². The van der Waals surface area contributed by atoms with Crippen molar-refractivity contribution in [1.82, 2.24) is 14.8 Å². The lowest BCUT2D eigenvalue weighted by atomic mass is 10.2. The molecule has 3 aromatic rings. The zero-order chi connectivity index (χ0) is 17.8. The van der Waals surface area contributed by atoms with Gasteiger partial charge in [-0.15, -0.1) is 0 Å². The number of halogens is 1. The van der Waals surface area contributed by atoms with E-state index in [4.69, 9.17) is 11.6 Å². The molecule has 0 aliphatic carbocycles. The second-order valence-corrected chi connectivity index (χ2v) is 5.83. The number of amides is 1. The maximum Gasteiger partial charge on any atom is 0.365 e. The van der Waals surface area contributed by atoms with Crippen molar-refractivity contribution < 1.29 is 4.79 Å². The fourth-order valence-corrected chi connectivity index (χ4v) is 2.59. The molecule has 0 fully saturated rings. The number of carbonyl (C=O) groups is 1. The van der Waals surface area contributed by atoms with Crippen LogP contribution in [0, 0.1) is 6.92 Å². The van der Waals surface area contributed by atoms with E-state index in [1.807, 2.05) is 43.3 Å². The normalized spacial score (nSPS) is 10.5. The van der Waals surface area contributed by atoms with Crippen molar-refractivity contribution in [2.45, 2.75) is 13.5 Å². The highest BCUT2D eigenvalue weighted by atomic mass is 35.5. The molecule has 2 aromatic carbocycles. The molecule has 0 atom stereocenters. The summed E-state index contributed by atoms with van der Waals surface area (Å²) in [4.78, 5) is 28.3. The fraction of sp³-hybridized carbons (Fsp3) is 0.111. The highest BCUT2D eigenvalue weighted by Gasteiger charge is 2.11. The van der Waals surface area contributed by atoms with Gasteiger partial charge in [0.05, 0.1) is 22.6 Å². The number of hydrogen-bond acceptors (Lipinski definition) is 4. The second-order valence-electron chi connectivity index (χ2n) is 5.43. The van der Waals surface area contributed by atoms with Gasteiger partial charge in [-0.25, -0.2) is 9.48 Å². The molecule has 1 N–H and O–H groups in total. The van der Waals surface area contributed by atoms with E-state index in [0.717, 1.165) is 15.8 Å². The van der Waals surface area contributed by atoms with Crippen molar-refractivity contribution in [3.63, 3.8) is 0 Å². The van der Waals surface area contributed by atoms with E-state index < -0.39 is 11.6 Å². The Labute approximate surface area is 149 Å². The fourth-order valence-electron chi connectivity index (χ4n) is 2.33. The number of anilines is 1. The average molecular weight is 355 g/mol. The van der Waals surface area contributed by atoms with Crippen LogP contribution in [0.2, 0.25) is 5.02 Å².